The van der Waals surface area contributed by atoms with Crippen LogP contribution in [-0.2, 0) is 9.59 Å². The highest BCUT2D eigenvalue weighted by atomic mass is 79.9. The molecule has 1 aliphatic heterocycles. The molecule has 2 heterocycles. The first-order chi connectivity index (χ1) is 15.8. The summed E-state index contributed by atoms with van der Waals surface area (Å²) in [7, 11) is 0. The van der Waals surface area contributed by atoms with Crippen molar-refractivity contribution >= 4 is 60.1 Å². The summed E-state index contributed by atoms with van der Waals surface area (Å²) in [6.45, 7) is 3.99. The van der Waals surface area contributed by atoms with Crippen LogP contribution in [0.4, 0.5) is 5.13 Å². The minimum absolute atomic E-state index is 0.0562. The Kier molecular flexibility index (Phi) is 5.38. The second-order valence-corrected chi connectivity index (χ2v) is 9.94. The van der Waals surface area contributed by atoms with Crippen molar-refractivity contribution in [1.82, 2.24) is 4.98 Å². The maximum Gasteiger partial charge on any atom is 0.301 e. The van der Waals surface area contributed by atoms with Gasteiger partial charge in [-0.25, -0.2) is 4.98 Å². The van der Waals surface area contributed by atoms with Gasteiger partial charge in [0.2, 0.25) is 0 Å². The lowest BCUT2D eigenvalue weighted by atomic mass is 9.95. The number of carbonyl (C=O) groups is 2. The van der Waals surface area contributed by atoms with Gasteiger partial charge in [0, 0.05) is 10.0 Å². The highest BCUT2D eigenvalue weighted by Gasteiger charge is 2.48. The van der Waals surface area contributed by atoms with Gasteiger partial charge < -0.3 is 5.11 Å². The van der Waals surface area contributed by atoms with E-state index in [9.17, 15) is 14.7 Å². The van der Waals surface area contributed by atoms with E-state index in [4.69, 9.17) is 4.98 Å². The third kappa shape index (κ3) is 3.67. The topological polar surface area (TPSA) is 70.5 Å². The lowest BCUT2D eigenvalue weighted by Gasteiger charge is -2.23. The number of benzene rings is 3. The van der Waals surface area contributed by atoms with Crippen molar-refractivity contribution in [2.75, 3.05) is 4.90 Å². The van der Waals surface area contributed by atoms with E-state index in [1.165, 1.54) is 16.2 Å². The second-order valence-electron chi connectivity index (χ2n) is 8.01. The van der Waals surface area contributed by atoms with Crippen LogP contribution in [-0.4, -0.2) is 21.8 Å². The Morgan fingerprint density at radius 2 is 1.73 bits per heavy atom. The summed E-state index contributed by atoms with van der Waals surface area (Å²) in [5.74, 6) is -1.62. The van der Waals surface area contributed by atoms with Crippen molar-refractivity contribution in [2.24, 2.45) is 0 Å². The number of halogens is 1. The molecule has 164 valence electrons. The summed E-state index contributed by atoms with van der Waals surface area (Å²) in [6, 6.07) is 19.5. The molecule has 0 aliphatic carbocycles. The number of aromatic nitrogens is 1. The van der Waals surface area contributed by atoms with E-state index in [1.54, 1.807) is 24.3 Å². The molecule has 33 heavy (non-hydrogen) atoms. The van der Waals surface area contributed by atoms with Crippen LogP contribution in [0.3, 0.4) is 0 Å². The third-order valence-electron chi connectivity index (χ3n) is 5.70. The first kappa shape index (κ1) is 21.6. The van der Waals surface area contributed by atoms with Crippen LogP contribution < -0.4 is 4.90 Å². The molecule has 0 bridgehead atoms. The minimum Gasteiger partial charge on any atom is -0.507 e. The zero-order chi connectivity index (χ0) is 23.3. The lowest BCUT2D eigenvalue weighted by molar-refractivity contribution is -0.132. The van der Waals surface area contributed by atoms with Crippen molar-refractivity contribution in [1.29, 1.82) is 0 Å². The highest BCUT2D eigenvalue weighted by molar-refractivity contribution is 9.10. The smallest absolute Gasteiger partial charge is 0.301 e. The van der Waals surface area contributed by atoms with E-state index in [1.807, 2.05) is 56.3 Å². The molecule has 0 unspecified atom stereocenters. The average Bonchev–Trinajstić information content (AvgIpc) is 3.33. The van der Waals surface area contributed by atoms with Crippen LogP contribution in [0.5, 0.6) is 0 Å². The Bertz CT molecular complexity index is 1440. The van der Waals surface area contributed by atoms with Gasteiger partial charge in [0.15, 0.2) is 5.13 Å². The first-order valence-electron chi connectivity index (χ1n) is 10.3. The monoisotopic (exact) mass is 518 g/mol. The van der Waals surface area contributed by atoms with Gasteiger partial charge in [-0.3, -0.25) is 14.5 Å². The molecule has 0 radical (unpaired) electrons. The Balaban J connectivity index is 1.75. The predicted octanol–water partition coefficient (Wildman–Crippen LogP) is 6.30. The number of amides is 1. The summed E-state index contributed by atoms with van der Waals surface area (Å²) < 4.78 is 1.82. The third-order valence-corrected chi connectivity index (χ3v) is 7.23. The van der Waals surface area contributed by atoms with Gasteiger partial charge in [-0.15, -0.1) is 0 Å². The quantitative estimate of drug-likeness (QED) is 0.196. The molecule has 0 saturated carbocycles. The maximum absolute atomic E-state index is 13.3. The Hall–Kier alpha value is -3.29. The molecule has 3 aromatic carbocycles. The fraction of sp³-hybridized carbons (Fsp3) is 0.115. The predicted molar refractivity (Wildman–Crippen MR) is 134 cm³/mol. The maximum atomic E-state index is 13.3. The minimum atomic E-state index is -0.791. The summed E-state index contributed by atoms with van der Waals surface area (Å²) in [6.07, 6.45) is 0. The normalized spacial score (nSPS) is 17.8. The van der Waals surface area contributed by atoms with Gasteiger partial charge in [-0.2, -0.15) is 0 Å². The van der Waals surface area contributed by atoms with Crippen molar-refractivity contribution in [3.8, 4) is 0 Å². The molecule has 1 N–H and O–H groups in total. The molecule has 1 aromatic heterocycles. The summed E-state index contributed by atoms with van der Waals surface area (Å²) in [5.41, 5.74) is 4.16. The van der Waals surface area contributed by atoms with Gasteiger partial charge in [0.05, 0.1) is 21.8 Å². The van der Waals surface area contributed by atoms with E-state index in [2.05, 4.69) is 15.9 Å². The number of thiazole rings is 1. The van der Waals surface area contributed by atoms with Crippen LogP contribution in [0.15, 0.2) is 76.8 Å². The molecule has 1 atom stereocenters. The summed E-state index contributed by atoms with van der Waals surface area (Å²) in [4.78, 5) is 32.7. The number of Topliss-reactive ketones (excluding diaryl/α,β-unsaturated/α-hetero) is 1. The number of nitrogens with zero attached hydrogens (tertiary/aromatic N) is 2. The molecule has 0 spiro atoms. The number of fused-ring (bicyclic) bond motifs is 1. The molecule has 5 rings (SSSR count). The van der Waals surface area contributed by atoms with Crippen molar-refractivity contribution in [2.45, 2.75) is 19.9 Å². The Morgan fingerprint density at radius 3 is 2.42 bits per heavy atom. The molecule has 1 aliphatic rings. The van der Waals surface area contributed by atoms with Crippen LogP contribution >= 0.6 is 27.3 Å². The van der Waals surface area contributed by atoms with Crippen molar-refractivity contribution in [3.63, 3.8) is 0 Å². The van der Waals surface area contributed by atoms with E-state index in [0.29, 0.717) is 16.3 Å². The average molecular weight is 519 g/mol. The highest BCUT2D eigenvalue weighted by Crippen LogP contribution is 2.44. The number of aliphatic hydroxyl groups is 1. The van der Waals surface area contributed by atoms with Crippen LogP contribution in [0.1, 0.15) is 28.3 Å². The lowest BCUT2D eigenvalue weighted by Crippen LogP contribution is -2.29. The van der Waals surface area contributed by atoms with Crippen LogP contribution in [0, 0.1) is 13.8 Å². The fourth-order valence-electron chi connectivity index (χ4n) is 4.20. The molecule has 5 nitrogen and oxygen atoms in total. The molecule has 1 fully saturated rings. The number of anilines is 1. The van der Waals surface area contributed by atoms with Crippen molar-refractivity contribution < 1.29 is 14.7 Å². The van der Waals surface area contributed by atoms with E-state index in [0.717, 1.165) is 25.8 Å². The zero-order valence-corrected chi connectivity index (χ0v) is 20.3. The number of carbonyl (C=O) groups excluding carboxylic acids is 2. The van der Waals surface area contributed by atoms with E-state index < -0.39 is 17.7 Å². The van der Waals surface area contributed by atoms with Gasteiger partial charge in [-0.1, -0.05) is 75.8 Å². The zero-order valence-electron chi connectivity index (χ0n) is 17.9. The molecule has 1 amide bonds. The van der Waals surface area contributed by atoms with E-state index >= 15 is 0 Å². The number of aryl methyl sites for hydroxylation is 2. The number of aliphatic hydroxyl groups excluding tert-OH is 1. The largest absolute Gasteiger partial charge is 0.507 e. The fourth-order valence-corrected chi connectivity index (χ4v) is 5.64. The Morgan fingerprint density at radius 1 is 1.03 bits per heavy atom. The van der Waals surface area contributed by atoms with Gasteiger partial charge in [-0.05, 0) is 48.7 Å². The summed E-state index contributed by atoms with van der Waals surface area (Å²) >= 11 is 4.81. The molecular formula is C26H19BrN2O3S. The summed E-state index contributed by atoms with van der Waals surface area (Å²) in [5, 5.41) is 11.6. The van der Waals surface area contributed by atoms with Crippen molar-refractivity contribution in [3.05, 3.63) is 99.0 Å². The van der Waals surface area contributed by atoms with Gasteiger partial charge in [0.1, 0.15) is 5.76 Å². The standard InChI is InChI=1S/C26H19BrN2O3S/c1-14-12-15(2)21-19(13-14)33-26(28-21)29-22(16-8-10-18(27)11-9-16)20(24(31)25(29)32)23(30)17-6-4-3-5-7-17/h3-13,22,30H,1-2H3/t22-/m0/s1. The number of hydrogen-bond donors (Lipinski definition) is 1. The van der Waals surface area contributed by atoms with E-state index in [-0.39, 0.29) is 11.3 Å². The Labute approximate surface area is 203 Å². The van der Waals surface area contributed by atoms with Gasteiger partial charge in [0.25, 0.3) is 5.78 Å². The molecule has 4 aromatic rings. The molecule has 1 saturated heterocycles. The first-order valence-corrected chi connectivity index (χ1v) is 12.0. The molecule has 7 heteroatoms. The number of ketones is 1. The number of hydrogen-bond acceptors (Lipinski definition) is 5. The second kappa shape index (κ2) is 8.24. The SMILES string of the molecule is Cc1cc(C)c2nc(N3C(=O)C(=O)C(=C(O)c4ccccc4)[C@@H]3c3ccc(Br)cc3)sc2c1. The number of rotatable bonds is 3. The molecular weight excluding hydrogens is 500 g/mol. The van der Waals surface area contributed by atoms with Gasteiger partial charge >= 0.3 is 5.91 Å². The van der Waals surface area contributed by atoms with Crippen LogP contribution in [0.25, 0.3) is 16.0 Å². The van der Waals surface area contributed by atoms with Crippen LogP contribution in [0.2, 0.25) is 0 Å².